The molecule has 1 saturated heterocycles. The third-order valence-corrected chi connectivity index (χ3v) is 6.95. The molecule has 1 aromatic carbocycles. The lowest BCUT2D eigenvalue weighted by Crippen LogP contribution is -2.32. The van der Waals surface area contributed by atoms with Gasteiger partial charge in [-0.3, -0.25) is 4.79 Å². The van der Waals surface area contributed by atoms with Crippen molar-refractivity contribution in [2.45, 2.75) is 32.2 Å². The van der Waals surface area contributed by atoms with Crippen LogP contribution >= 0.6 is 0 Å². The molecule has 0 radical (unpaired) electrons. The number of carbonyl (C=O) groups is 1. The van der Waals surface area contributed by atoms with Crippen molar-refractivity contribution in [1.82, 2.24) is 34.4 Å². The maximum Gasteiger partial charge on any atom is 0.246 e. The van der Waals surface area contributed by atoms with Crippen LogP contribution in [0.3, 0.4) is 0 Å². The van der Waals surface area contributed by atoms with Gasteiger partial charge in [0, 0.05) is 42.5 Å². The Labute approximate surface area is 223 Å². The first-order valence-corrected chi connectivity index (χ1v) is 12.5. The number of rotatable bonds is 6. The Bertz CT molecular complexity index is 1740. The van der Waals surface area contributed by atoms with Crippen LogP contribution in [0.5, 0.6) is 11.5 Å². The molecule has 1 aliphatic rings. The second-order valence-corrected chi connectivity index (χ2v) is 9.55. The Hall–Kier alpha value is -4.93. The Kier molecular flexibility index (Phi) is 6.10. The number of benzene rings is 1. The number of carbonyl (C=O) groups excluding carboxylic acids is 1. The fourth-order valence-corrected chi connectivity index (χ4v) is 4.93. The molecule has 2 atom stereocenters. The van der Waals surface area contributed by atoms with Crippen molar-refractivity contribution < 1.29 is 13.9 Å². The average Bonchev–Trinajstić information content (AvgIpc) is 3.57. The van der Waals surface area contributed by atoms with Gasteiger partial charge in [-0.05, 0) is 56.2 Å². The van der Waals surface area contributed by atoms with Gasteiger partial charge in [0.2, 0.25) is 5.91 Å². The zero-order valence-electron chi connectivity index (χ0n) is 21.4. The van der Waals surface area contributed by atoms with Gasteiger partial charge in [0.25, 0.3) is 0 Å². The van der Waals surface area contributed by atoms with Crippen molar-refractivity contribution in [3.05, 3.63) is 85.0 Å². The maximum absolute atomic E-state index is 15.3. The number of fused-ring (bicyclic) bond motifs is 2. The van der Waals surface area contributed by atoms with E-state index >= 15 is 4.39 Å². The van der Waals surface area contributed by atoms with E-state index in [4.69, 9.17) is 9.72 Å². The summed E-state index contributed by atoms with van der Waals surface area (Å²) in [6, 6.07) is 10.3. The predicted molar refractivity (Wildman–Crippen MR) is 144 cm³/mol. The molecule has 0 unspecified atom stereocenters. The lowest BCUT2D eigenvalue weighted by molar-refractivity contribution is -0.126. The molecule has 10 nitrogen and oxygen atoms in total. The van der Waals surface area contributed by atoms with Crippen LogP contribution in [-0.4, -0.2) is 52.9 Å². The van der Waals surface area contributed by atoms with Crippen molar-refractivity contribution in [3.63, 3.8) is 0 Å². The van der Waals surface area contributed by atoms with E-state index in [0.717, 1.165) is 17.7 Å². The first-order valence-electron chi connectivity index (χ1n) is 12.5. The maximum atomic E-state index is 15.3. The molecule has 11 heteroatoms. The second-order valence-electron chi connectivity index (χ2n) is 9.55. The normalized spacial score (nSPS) is 17.1. The Balaban J connectivity index is 1.27. The summed E-state index contributed by atoms with van der Waals surface area (Å²) in [7, 11) is 0. The molecule has 1 N–H and O–H groups in total. The second kappa shape index (κ2) is 9.75. The van der Waals surface area contributed by atoms with E-state index in [9.17, 15) is 4.79 Å². The first-order chi connectivity index (χ1) is 18.9. The zero-order chi connectivity index (χ0) is 27.1. The number of pyridine rings is 2. The van der Waals surface area contributed by atoms with E-state index in [0.29, 0.717) is 40.5 Å². The summed E-state index contributed by atoms with van der Waals surface area (Å²) in [4.78, 5) is 31.7. The minimum Gasteiger partial charge on any atom is -0.457 e. The molecule has 1 aliphatic heterocycles. The number of aromatic nitrogens is 6. The molecule has 0 saturated carbocycles. The number of hydrogen-bond donors (Lipinski definition) is 1. The van der Waals surface area contributed by atoms with E-state index in [1.165, 1.54) is 24.8 Å². The Morgan fingerprint density at radius 2 is 2.05 bits per heavy atom. The molecule has 4 aromatic heterocycles. The fraction of sp³-hybridized carbons (Fsp3) is 0.214. The molecule has 0 spiro atoms. The first kappa shape index (κ1) is 24.4. The van der Waals surface area contributed by atoms with Crippen LogP contribution in [0.1, 0.15) is 30.5 Å². The number of anilines is 2. The molecule has 1 fully saturated rings. The van der Waals surface area contributed by atoms with Gasteiger partial charge >= 0.3 is 0 Å². The molecule has 0 bridgehead atoms. The summed E-state index contributed by atoms with van der Waals surface area (Å²) < 4.78 is 22.8. The molecule has 6 rings (SSSR count). The summed E-state index contributed by atoms with van der Waals surface area (Å²) in [5.41, 5.74) is 3.56. The van der Waals surface area contributed by atoms with Crippen LogP contribution in [0, 0.1) is 12.7 Å². The summed E-state index contributed by atoms with van der Waals surface area (Å²) >= 11 is 0. The van der Waals surface area contributed by atoms with Crippen molar-refractivity contribution in [2.75, 3.05) is 11.9 Å². The van der Waals surface area contributed by atoms with Crippen LogP contribution in [0.15, 0.2) is 67.9 Å². The van der Waals surface area contributed by atoms with Crippen molar-refractivity contribution in [1.29, 1.82) is 0 Å². The Morgan fingerprint density at radius 3 is 2.90 bits per heavy atom. The van der Waals surface area contributed by atoms with Crippen molar-refractivity contribution in [2.24, 2.45) is 0 Å². The Morgan fingerprint density at radius 1 is 1.18 bits per heavy atom. The number of nitrogens with one attached hydrogen (secondary N) is 1. The van der Waals surface area contributed by atoms with Gasteiger partial charge in [-0.2, -0.15) is 5.10 Å². The molecule has 1 amide bonds. The average molecular weight is 525 g/mol. The number of nitrogens with zero attached hydrogens (tertiary/aromatic N) is 7. The quantitative estimate of drug-likeness (QED) is 0.311. The van der Waals surface area contributed by atoms with Gasteiger partial charge in [-0.1, -0.05) is 6.58 Å². The molecular formula is C28H25FN8O2. The molecule has 0 aliphatic carbocycles. The van der Waals surface area contributed by atoms with Gasteiger partial charge in [-0.25, -0.2) is 28.8 Å². The SMILES string of the molecule is C=CC(=O)N1C[C@H](c2ccc3ncnc(Nc4cc(C)c(Oc5ccn6ncnc6c5)cc4F)c3n2)C[C@H]1C. The monoisotopic (exact) mass is 524 g/mol. The number of hydrogen-bond acceptors (Lipinski definition) is 8. The third kappa shape index (κ3) is 4.63. The highest BCUT2D eigenvalue weighted by molar-refractivity contribution is 5.88. The largest absolute Gasteiger partial charge is 0.457 e. The topological polar surface area (TPSA) is 110 Å². The predicted octanol–water partition coefficient (Wildman–Crippen LogP) is 4.94. The summed E-state index contributed by atoms with van der Waals surface area (Å²) in [5, 5.41) is 7.15. The molecular weight excluding hydrogens is 499 g/mol. The number of amides is 1. The van der Waals surface area contributed by atoms with Crippen LogP contribution in [0.2, 0.25) is 0 Å². The number of likely N-dealkylation sites (tertiary alicyclic amines) is 1. The summed E-state index contributed by atoms with van der Waals surface area (Å²) in [5.74, 6) is 0.750. The zero-order valence-corrected chi connectivity index (χ0v) is 21.4. The lowest BCUT2D eigenvalue weighted by atomic mass is 10.0. The minimum absolute atomic E-state index is 0.0637. The van der Waals surface area contributed by atoms with Gasteiger partial charge in [0.15, 0.2) is 11.5 Å². The van der Waals surface area contributed by atoms with E-state index < -0.39 is 5.82 Å². The third-order valence-electron chi connectivity index (χ3n) is 6.95. The highest BCUT2D eigenvalue weighted by Crippen LogP contribution is 2.34. The smallest absolute Gasteiger partial charge is 0.246 e. The van der Waals surface area contributed by atoms with E-state index in [1.54, 1.807) is 33.8 Å². The number of halogens is 1. The van der Waals surface area contributed by atoms with Crippen molar-refractivity contribution >= 4 is 34.1 Å². The summed E-state index contributed by atoms with van der Waals surface area (Å²) in [6.07, 6.45) is 6.71. The number of aryl methyl sites for hydroxylation is 1. The molecule has 196 valence electrons. The molecule has 39 heavy (non-hydrogen) atoms. The van der Waals surface area contributed by atoms with Crippen LogP contribution in [0.25, 0.3) is 16.7 Å². The standard InChI is InChI=1S/C28H25FN8O2/c1-4-26(38)36-13-18(10-17(36)3)21-5-6-22-27(34-21)28(32-14-30-22)35-23-9-16(2)24(12-20(23)29)39-19-7-8-37-25(11-19)31-15-33-37/h4-9,11-12,14-15,17-18H,1,10,13H2,2-3H3,(H,30,32,35)/t17-,18-/m1/s1. The van der Waals surface area contributed by atoms with Crippen molar-refractivity contribution in [3.8, 4) is 11.5 Å². The van der Waals surface area contributed by atoms with Gasteiger partial charge in [0.1, 0.15) is 35.5 Å². The van der Waals surface area contributed by atoms with Crippen LogP contribution in [-0.2, 0) is 4.79 Å². The number of ether oxygens (including phenoxy) is 1. The van der Waals surface area contributed by atoms with Gasteiger partial charge in [-0.15, -0.1) is 0 Å². The van der Waals surface area contributed by atoms with E-state index in [1.807, 2.05) is 26.0 Å². The van der Waals surface area contributed by atoms with E-state index in [2.05, 4.69) is 31.9 Å². The van der Waals surface area contributed by atoms with Gasteiger partial charge < -0.3 is 15.0 Å². The van der Waals surface area contributed by atoms with Crippen LogP contribution < -0.4 is 10.1 Å². The minimum atomic E-state index is -0.509. The lowest BCUT2D eigenvalue weighted by Gasteiger charge is -2.19. The highest BCUT2D eigenvalue weighted by Gasteiger charge is 2.33. The highest BCUT2D eigenvalue weighted by atomic mass is 19.1. The van der Waals surface area contributed by atoms with Gasteiger partial charge in [0.05, 0.1) is 11.2 Å². The summed E-state index contributed by atoms with van der Waals surface area (Å²) in [6.45, 7) is 8.01. The molecule has 5 aromatic rings. The van der Waals surface area contributed by atoms with Crippen LogP contribution in [0.4, 0.5) is 15.9 Å². The van der Waals surface area contributed by atoms with E-state index in [-0.39, 0.29) is 23.6 Å². The fourth-order valence-electron chi connectivity index (χ4n) is 4.93. The molecule has 5 heterocycles.